The van der Waals surface area contributed by atoms with Crippen LogP contribution in [0.5, 0.6) is 0 Å². The molecule has 0 aliphatic carbocycles. The maximum atomic E-state index is 5.44. The summed E-state index contributed by atoms with van der Waals surface area (Å²) in [6.07, 6.45) is 2.61. The Bertz CT molecular complexity index is 418. The summed E-state index contributed by atoms with van der Waals surface area (Å²) in [7, 11) is 0. The van der Waals surface area contributed by atoms with Crippen LogP contribution in [-0.2, 0) is 6.42 Å². The lowest BCUT2D eigenvalue weighted by Crippen LogP contribution is -2.07. The minimum absolute atomic E-state index is 0.589. The molecule has 2 aromatic heterocycles. The summed E-state index contributed by atoms with van der Waals surface area (Å²) in [6, 6.07) is 1.98. The van der Waals surface area contributed by atoms with Crippen LogP contribution in [0.4, 0.5) is 0 Å². The van der Waals surface area contributed by atoms with Crippen molar-refractivity contribution >= 4 is 11.0 Å². The van der Waals surface area contributed by atoms with Crippen LogP contribution in [0.1, 0.15) is 11.5 Å². The number of aromatic nitrogens is 3. The quantitative estimate of drug-likeness (QED) is 0.710. The molecule has 2 heterocycles. The van der Waals surface area contributed by atoms with Crippen molar-refractivity contribution in [3.8, 4) is 0 Å². The minimum atomic E-state index is 0.589. The highest BCUT2D eigenvalue weighted by Gasteiger charge is 2.03. The van der Waals surface area contributed by atoms with E-state index >= 15 is 0 Å². The zero-order valence-electron chi connectivity index (χ0n) is 7.54. The monoisotopic (exact) mass is 176 g/mol. The Morgan fingerprint density at radius 2 is 2.31 bits per heavy atom. The highest BCUT2D eigenvalue weighted by molar-refractivity contribution is 5.77. The fourth-order valence-corrected chi connectivity index (χ4v) is 1.39. The van der Waals surface area contributed by atoms with Gasteiger partial charge in [-0.05, 0) is 19.5 Å². The van der Waals surface area contributed by atoms with E-state index in [1.165, 1.54) is 0 Å². The van der Waals surface area contributed by atoms with Crippen LogP contribution in [0.2, 0.25) is 0 Å². The average molecular weight is 176 g/mol. The third kappa shape index (κ3) is 1.40. The van der Waals surface area contributed by atoms with Crippen LogP contribution in [0.25, 0.3) is 11.0 Å². The van der Waals surface area contributed by atoms with Crippen molar-refractivity contribution in [2.75, 3.05) is 6.54 Å². The van der Waals surface area contributed by atoms with Gasteiger partial charge in [0.05, 0.1) is 5.69 Å². The van der Waals surface area contributed by atoms with E-state index in [0.29, 0.717) is 6.54 Å². The lowest BCUT2D eigenvalue weighted by atomic mass is 10.3. The number of rotatable bonds is 2. The summed E-state index contributed by atoms with van der Waals surface area (Å²) in [6.45, 7) is 2.57. The smallest absolute Gasteiger partial charge is 0.141 e. The molecule has 0 fully saturated rings. The molecule has 0 aromatic carbocycles. The topological polar surface area (TPSA) is 67.6 Å². The normalized spacial score (nSPS) is 10.9. The van der Waals surface area contributed by atoms with Crippen molar-refractivity contribution in [3.05, 3.63) is 23.8 Å². The van der Waals surface area contributed by atoms with Crippen molar-refractivity contribution < 1.29 is 0 Å². The average Bonchev–Trinajstić information content (AvgIpc) is 2.53. The first-order valence-corrected chi connectivity index (χ1v) is 4.32. The van der Waals surface area contributed by atoms with Crippen LogP contribution in [0.15, 0.2) is 12.3 Å². The van der Waals surface area contributed by atoms with Gasteiger partial charge in [0.2, 0.25) is 0 Å². The van der Waals surface area contributed by atoms with Crippen molar-refractivity contribution in [1.82, 2.24) is 15.0 Å². The highest BCUT2D eigenvalue weighted by Crippen LogP contribution is 2.12. The van der Waals surface area contributed by atoms with Crippen molar-refractivity contribution in [2.45, 2.75) is 13.3 Å². The van der Waals surface area contributed by atoms with Crippen molar-refractivity contribution in [1.29, 1.82) is 0 Å². The van der Waals surface area contributed by atoms with Gasteiger partial charge >= 0.3 is 0 Å². The van der Waals surface area contributed by atoms with Gasteiger partial charge in [-0.2, -0.15) is 0 Å². The van der Waals surface area contributed by atoms with Gasteiger partial charge in [-0.15, -0.1) is 0 Å². The van der Waals surface area contributed by atoms with Crippen molar-refractivity contribution in [3.63, 3.8) is 0 Å². The Kier molecular flexibility index (Phi) is 1.98. The lowest BCUT2D eigenvalue weighted by Gasteiger charge is -2.00. The largest absolute Gasteiger partial charge is 0.346 e. The van der Waals surface area contributed by atoms with Crippen LogP contribution in [0, 0.1) is 6.92 Å². The third-order valence-electron chi connectivity index (χ3n) is 2.02. The second kappa shape index (κ2) is 3.14. The Labute approximate surface area is 76.2 Å². The van der Waals surface area contributed by atoms with Crippen LogP contribution < -0.4 is 5.73 Å². The summed E-state index contributed by atoms with van der Waals surface area (Å²) in [5.41, 5.74) is 7.35. The summed E-state index contributed by atoms with van der Waals surface area (Å²) < 4.78 is 0. The van der Waals surface area contributed by atoms with Gasteiger partial charge in [0.25, 0.3) is 0 Å². The zero-order chi connectivity index (χ0) is 9.26. The number of H-pyrrole nitrogens is 1. The molecule has 0 saturated carbocycles. The van der Waals surface area contributed by atoms with Gasteiger partial charge in [0.1, 0.15) is 11.5 Å². The molecule has 4 heteroatoms. The van der Waals surface area contributed by atoms with Gasteiger partial charge in [-0.1, -0.05) is 0 Å². The molecular formula is C9H12N4. The molecule has 0 unspecified atom stereocenters. The molecule has 0 bridgehead atoms. The molecule has 3 N–H and O–H groups in total. The maximum absolute atomic E-state index is 5.44. The zero-order valence-corrected chi connectivity index (χ0v) is 7.54. The molecule has 4 nitrogen and oxygen atoms in total. The number of hydrogen-bond acceptors (Lipinski definition) is 3. The number of aryl methyl sites for hydroxylation is 1. The Hall–Kier alpha value is -1.42. The van der Waals surface area contributed by atoms with Gasteiger partial charge in [0.15, 0.2) is 0 Å². The molecule has 2 rings (SSSR count). The molecule has 0 radical (unpaired) electrons. The van der Waals surface area contributed by atoms with Crippen LogP contribution >= 0.6 is 0 Å². The van der Waals surface area contributed by atoms with Gasteiger partial charge in [0, 0.05) is 18.0 Å². The molecule has 0 aliphatic heterocycles. The second-order valence-corrected chi connectivity index (χ2v) is 3.00. The SMILES string of the molecule is Cc1nc(CCN)nc2[nH]ccc12. The first kappa shape index (κ1) is 8.19. The minimum Gasteiger partial charge on any atom is -0.346 e. The number of nitrogens with one attached hydrogen (secondary N) is 1. The number of fused-ring (bicyclic) bond motifs is 1. The van der Waals surface area contributed by atoms with E-state index in [0.717, 1.165) is 29.0 Å². The lowest BCUT2D eigenvalue weighted by molar-refractivity contribution is 0.867. The molecule has 13 heavy (non-hydrogen) atoms. The summed E-state index contributed by atoms with van der Waals surface area (Å²) >= 11 is 0. The van der Waals surface area contributed by atoms with E-state index in [4.69, 9.17) is 5.73 Å². The molecule has 0 aliphatic rings. The molecule has 0 atom stereocenters. The molecule has 68 valence electrons. The second-order valence-electron chi connectivity index (χ2n) is 3.00. The van der Waals surface area contributed by atoms with Gasteiger partial charge in [-0.25, -0.2) is 9.97 Å². The number of aromatic amines is 1. The Balaban J connectivity index is 2.56. The maximum Gasteiger partial charge on any atom is 0.141 e. The van der Waals surface area contributed by atoms with E-state index in [9.17, 15) is 0 Å². The molecule has 0 saturated heterocycles. The number of nitrogens with two attached hydrogens (primary N) is 1. The predicted molar refractivity (Wildman–Crippen MR) is 51.4 cm³/mol. The van der Waals surface area contributed by atoms with Gasteiger partial charge < -0.3 is 10.7 Å². The fraction of sp³-hybridized carbons (Fsp3) is 0.333. The van der Waals surface area contributed by atoms with Crippen molar-refractivity contribution in [2.24, 2.45) is 5.73 Å². The summed E-state index contributed by atoms with van der Waals surface area (Å²) in [5.74, 6) is 0.815. The Morgan fingerprint density at radius 3 is 3.08 bits per heavy atom. The first-order valence-electron chi connectivity index (χ1n) is 4.32. The van der Waals surface area contributed by atoms with E-state index < -0.39 is 0 Å². The van der Waals surface area contributed by atoms with E-state index in [1.807, 2.05) is 19.2 Å². The molecule has 2 aromatic rings. The van der Waals surface area contributed by atoms with E-state index in [1.54, 1.807) is 0 Å². The number of hydrogen-bond donors (Lipinski definition) is 2. The van der Waals surface area contributed by atoms with Gasteiger partial charge in [-0.3, -0.25) is 0 Å². The fourth-order valence-electron chi connectivity index (χ4n) is 1.39. The summed E-state index contributed by atoms with van der Waals surface area (Å²) in [5, 5.41) is 1.08. The molecule has 0 amide bonds. The predicted octanol–water partition coefficient (Wildman–Crippen LogP) is 0.768. The third-order valence-corrected chi connectivity index (χ3v) is 2.02. The highest BCUT2D eigenvalue weighted by atomic mass is 14.9. The van der Waals surface area contributed by atoms with E-state index in [-0.39, 0.29) is 0 Å². The molecular weight excluding hydrogens is 164 g/mol. The Morgan fingerprint density at radius 1 is 1.46 bits per heavy atom. The standard InChI is InChI=1S/C9H12N4/c1-6-7-3-5-11-9(7)13-8(12-6)2-4-10/h3,5H,2,4,10H2,1H3,(H,11,12,13). The van der Waals surface area contributed by atoms with Crippen LogP contribution in [0.3, 0.4) is 0 Å². The molecule has 0 spiro atoms. The number of nitrogens with zero attached hydrogens (tertiary/aromatic N) is 2. The first-order chi connectivity index (χ1) is 6.31. The van der Waals surface area contributed by atoms with E-state index in [2.05, 4.69) is 15.0 Å². The summed E-state index contributed by atoms with van der Waals surface area (Å²) in [4.78, 5) is 11.8. The van der Waals surface area contributed by atoms with Crippen LogP contribution in [-0.4, -0.2) is 21.5 Å².